The second kappa shape index (κ2) is 13.7. The van der Waals surface area contributed by atoms with Crippen molar-refractivity contribution in [1.29, 1.82) is 0 Å². The Balaban J connectivity index is 1.76. The molecule has 1 aliphatic rings. The van der Waals surface area contributed by atoms with Crippen LogP contribution in [0.5, 0.6) is 17.2 Å². The van der Waals surface area contributed by atoms with Gasteiger partial charge in [-0.1, -0.05) is 32.8 Å². The minimum atomic E-state index is -0.866. The SMILES string of the molecule is CCCCCOc1ccc(C2/C(=C(\O)c3ccc(OCCC)cc3)C(=O)C(=O)N2Cc2ccco2)cc1OCC. The smallest absolute Gasteiger partial charge is 0.296 e. The van der Waals surface area contributed by atoms with Crippen molar-refractivity contribution in [3.63, 3.8) is 0 Å². The Kier molecular flexibility index (Phi) is 9.89. The number of rotatable bonds is 14. The van der Waals surface area contributed by atoms with Crippen molar-refractivity contribution in [2.24, 2.45) is 0 Å². The van der Waals surface area contributed by atoms with E-state index >= 15 is 0 Å². The van der Waals surface area contributed by atoms with Gasteiger partial charge in [-0.3, -0.25) is 9.59 Å². The minimum absolute atomic E-state index is 0.00200. The van der Waals surface area contributed by atoms with Crippen LogP contribution in [0.25, 0.3) is 5.76 Å². The number of unbranched alkanes of at least 4 members (excludes halogenated alkanes) is 2. The van der Waals surface area contributed by atoms with Gasteiger partial charge in [0, 0.05) is 5.56 Å². The Hall–Kier alpha value is -4.20. The lowest BCUT2D eigenvalue weighted by Gasteiger charge is -2.25. The Morgan fingerprint density at radius 3 is 2.38 bits per heavy atom. The van der Waals surface area contributed by atoms with Gasteiger partial charge in [-0.15, -0.1) is 0 Å². The highest BCUT2D eigenvalue weighted by Crippen LogP contribution is 2.43. The predicted octanol–water partition coefficient (Wildman–Crippen LogP) is 6.66. The van der Waals surface area contributed by atoms with Gasteiger partial charge in [0.1, 0.15) is 17.3 Å². The molecule has 1 amide bonds. The van der Waals surface area contributed by atoms with Crippen molar-refractivity contribution in [3.8, 4) is 17.2 Å². The molecular formula is C32H37NO7. The number of ether oxygens (including phenoxy) is 3. The maximum Gasteiger partial charge on any atom is 0.296 e. The summed E-state index contributed by atoms with van der Waals surface area (Å²) in [5.41, 5.74) is 1.02. The van der Waals surface area contributed by atoms with Crippen LogP contribution < -0.4 is 14.2 Å². The fourth-order valence-electron chi connectivity index (χ4n) is 4.66. The maximum absolute atomic E-state index is 13.4. The number of carbonyl (C=O) groups excluding carboxylic acids is 2. The summed E-state index contributed by atoms with van der Waals surface area (Å²) in [6.45, 7) is 7.63. The lowest BCUT2D eigenvalue weighted by molar-refractivity contribution is -0.140. The second-order valence-corrected chi connectivity index (χ2v) is 9.57. The van der Waals surface area contributed by atoms with Gasteiger partial charge >= 0.3 is 0 Å². The molecule has 3 aromatic rings. The van der Waals surface area contributed by atoms with Gasteiger partial charge in [0.15, 0.2) is 11.5 Å². The molecule has 2 aromatic carbocycles. The molecule has 0 saturated carbocycles. The van der Waals surface area contributed by atoms with Crippen LogP contribution in [0.15, 0.2) is 70.9 Å². The molecule has 40 heavy (non-hydrogen) atoms. The lowest BCUT2D eigenvalue weighted by Crippen LogP contribution is -2.29. The van der Waals surface area contributed by atoms with Gasteiger partial charge in [0.25, 0.3) is 11.7 Å². The molecule has 1 aliphatic heterocycles. The Morgan fingerprint density at radius 1 is 0.900 bits per heavy atom. The number of carbonyl (C=O) groups is 2. The highest BCUT2D eigenvalue weighted by molar-refractivity contribution is 6.46. The average molecular weight is 548 g/mol. The van der Waals surface area contributed by atoms with Crippen LogP contribution in [0.4, 0.5) is 0 Å². The first kappa shape index (κ1) is 28.8. The van der Waals surface area contributed by atoms with Crippen molar-refractivity contribution in [3.05, 3.63) is 83.3 Å². The molecule has 2 heterocycles. The monoisotopic (exact) mass is 547 g/mol. The number of furan rings is 1. The highest BCUT2D eigenvalue weighted by Gasteiger charge is 2.46. The van der Waals surface area contributed by atoms with E-state index in [1.807, 2.05) is 13.8 Å². The highest BCUT2D eigenvalue weighted by atomic mass is 16.5. The van der Waals surface area contributed by atoms with Crippen molar-refractivity contribution < 1.29 is 33.3 Å². The topological polar surface area (TPSA) is 98.4 Å². The molecule has 212 valence electrons. The van der Waals surface area contributed by atoms with E-state index in [1.54, 1.807) is 54.6 Å². The van der Waals surface area contributed by atoms with E-state index in [1.165, 1.54) is 11.2 Å². The molecule has 4 rings (SSSR count). The largest absolute Gasteiger partial charge is 0.507 e. The molecule has 8 heteroatoms. The van der Waals surface area contributed by atoms with Crippen molar-refractivity contribution in [2.45, 2.75) is 59.0 Å². The Morgan fingerprint density at radius 2 is 1.70 bits per heavy atom. The first-order valence-corrected chi connectivity index (χ1v) is 13.9. The summed E-state index contributed by atoms with van der Waals surface area (Å²) in [5, 5.41) is 11.4. The van der Waals surface area contributed by atoms with Crippen LogP contribution in [-0.2, 0) is 16.1 Å². The van der Waals surface area contributed by atoms with E-state index in [-0.39, 0.29) is 17.9 Å². The number of nitrogens with zero attached hydrogens (tertiary/aromatic N) is 1. The average Bonchev–Trinajstić information content (AvgIpc) is 3.57. The number of benzene rings is 2. The number of Topliss-reactive ketones (excluding diaryl/α,β-unsaturated/α-hetero) is 1. The summed E-state index contributed by atoms with van der Waals surface area (Å²) in [6.07, 6.45) is 5.46. The molecule has 1 N–H and O–H groups in total. The molecule has 8 nitrogen and oxygen atoms in total. The summed E-state index contributed by atoms with van der Waals surface area (Å²) < 4.78 is 23.0. The van der Waals surface area contributed by atoms with Gasteiger partial charge in [0.2, 0.25) is 0 Å². The quantitative estimate of drug-likeness (QED) is 0.104. The molecule has 0 aliphatic carbocycles. The second-order valence-electron chi connectivity index (χ2n) is 9.57. The first-order chi connectivity index (χ1) is 19.5. The summed E-state index contributed by atoms with van der Waals surface area (Å²) in [7, 11) is 0. The standard InChI is InChI=1S/C32H37NO7/c1-4-7-8-18-40-26-16-13-23(20-27(26)37-6-3)29-28(30(34)22-11-14-24(15-12-22)38-17-5-2)31(35)32(36)33(29)21-25-10-9-19-39-25/h9-16,19-20,29,34H,4-8,17-18,21H2,1-3H3/b30-28+. The normalized spacial score (nSPS) is 16.4. The van der Waals surface area contributed by atoms with Crippen molar-refractivity contribution in [1.82, 2.24) is 4.90 Å². The van der Waals surface area contributed by atoms with E-state index in [0.29, 0.717) is 54.0 Å². The summed E-state index contributed by atoms with van der Waals surface area (Å²) in [5.74, 6) is 0.534. The molecule has 0 bridgehead atoms. The molecular weight excluding hydrogens is 510 g/mol. The number of aliphatic hydroxyl groups is 1. The number of likely N-dealkylation sites (tertiary alicyclic amines) is 1. The molecule has 0 radical (unpaired) electrons. The van der Waals surface area contributed by atoms with Crippen LogP contribution in [0.3, 0.4) is 0 Å². The van der Waals surface area contributed by atoms with Gasteiger partial charge in [-0.05, 0) is 73.9 Å². The summed E-state index contributed by atoms with van der Waals surface area (Å²) in [4.78, 5) is 28.2. The molecule has 1 fully saturated rings. The minimum Gasteiger partial charge on any atom is -0.507 e. The fraction of sp³-hybridized carbons (Fsp3) is 0.375. The van der Waals surface area contributed by atoms with Crippen LogP contribution in [0.2, 0.25) is 0 Å². The fourth-order valence-corrected chi connectivity index (χ4v) is 4.66. The molecule has 1 atom stereocenters. The molecule has 1 unspecified atom stereocenters. The zero-order valence-electron chi connectivity index (χ0n) is 23.4. The van der Waals surface area contributed by atoms with Crippen LogP contribution in [0.1, 0.15) is 69.4 Å². The number of hydrogen-bond acceptors (Lipinski definition) is 7. The summed E-state index contributed by atoms with van der Waals surface area (Å²) in [6, 6.07) is 14.8. The number of hydrogen-bond donors (Lipinski definition) is 1. The first-order valence-electron chi connectivity index (χ1n) is 13.9. The van der Waals surface area contributed by atoms with E-state index in [0.717, 1.165) is 25.7 Å². The summed E-state index contributed by atoms with van der Waals surface area (Å²) >= 11 is 0. The van der Waals surface area contributed by atoms with E-state index in [4.69, 9.17) is 18.6 Å². The van der Waals surface area contributed by atoms with Crippen molar-refractivity contribution >= 4 is 17.4 Å². The third-order valence-corrected chi connectivity index (χ3v) is 6.64. The molecule has 1 saturated heterocycles. The third kappa shape index (κ3) is 6.50. The van der Waals surface area contributed by atoms with Gasteiger partial charge in [-0.25, -0.2) is 0 Å². The van der Waals surface area contributed by atoms with E-state index in [2.05, 4.69) is 6.92 Å². The Bertz CT molecular complexity index is 1310. The molecule has 1 aromatic heterocycles. The zero-order chi connectivity index (χ0) is 28.5. The number of ketones is 1. The maximum atomic E-state index is 13.4. The van der Waals surface area contributed by atoms with Gasteiger partial charge in [-0.2, -0.15) is 0 Å². The lowest BCUT2D eigenvalue weighted by atomic mass is 9.95. The molecule has 0 spiro atoms. The predicted molar refractivity (Wildman–Crippen MR) is 151 cm³/mol. The van der Waals surface area contributed by atoms with Crippen LogP contribution in [0, 0.1) is 0 Å². The van der Waals surface area contributed by atoms with Gasteiger partial charge in [0.05, 0.1) is 44.2 Å². The third-order valence-electron chi connectivity index (χ3n) is 6.64. The zero-order valence-corrected chi connectivity index (χ0v) is 23.4. The van der Waals surface area contributed by atoms with Crippen LogP contribution in [-0.4, -0.2) is 41.5 Å². The van der Waals surface area contributed by atoms with Gasteiger partial charge < -0.3 is 28.6 Å². The van der Waals surface area contributed by atoms with Crippen LogP contribution >= 0.6 is 0 Å². The van der Waals surface area contributed by atoms with E-state index in [9.17, 15) is 14.7 Å². The van der Waals surface area contributed by atoms with E-state index < -0.39 is 17.7 Å². The Labute approximate surface area is 235 Å². The number of aliphatic hydroxyl groups excluding tert-OH is 1. The number of amides is 1. The van der Waals surface area contributed by atoms with Crippen molar-refractivity contribution in [2.75, 3.05) is 19.8 Å².